The molecule has 1 unspecified atom stereocenters. The predicted molar refractivity (Wildman–Crippen MR) is 232 cm³/mol. The van der Waals surface area contributed by atoms with Gasteiger partial charge in [-0.25, -0.2) is 14.5 Å². The fraction of sp³-hybridized carbons (Fsp3) is 0.467. The topological polar surface area (TPSA) is 142 Å². The lowest BCUT2D eigenvalue weighted by Crippen LogP contribution is -2.39. The van der Waals surface area contributed by atoms with Crippen molar-refractivity contribution in [1.82, 2.24) is 14.8 Å². The van der Waals surface area contributed by atoms with Gasteiger partial charge in [0.15, 0.2) is 11.8 Å². The second kappa shape index (κ2) is 23.0. The lowest BCUT2D eigenvalue weighted by Gasteiger charge is -2.24. The van der Waals surface area contributed by atoms with Crippen LogP contribution in [0, 0.1) is 5.41 Å². The highest BCUT2D eigenvalue weighted by atomic mass is 35.5. The number of hydrogen-bond acceptors (Lipinski definition) is 9. The second-order valence-electron chi connectivity index (χ2n) is 15.3. The van der Waals surface area contributed by atoms with E-state index in [2.05, 4.69) is 52.8 Å². The first-order valence-electron chi connectivity index (χ1n) is 20.3. The molecule has 4 rings (SSSR count). The Kier molecular flexibility index (Phi) is 18.3. The lowest BCUT2D eigenvalue weighted by molar-refractivity contribution is -0.136. The van der Waals surface area contributed by atoms with Gasteiger partial charge >= 0.3 is 5.97 Å². The van der Waals surface area contributed by atoms with Crippen LogP contribution < -0.4 is 15.4 Å². The van der Waals surface area contributed by atoms with Gasteiger partial charge in [0.25, 0.3) is 5.91 Å². The molecule has 3 aromatic carbocycles. The summed E-state index contributed by atoms with van der Waals surface area (Å²) in [7, 11) is 0. The molecule has 0 spiro atoms. The molecule has 1 heterocycles. The third kappa shape index (κ3) is 14.3. The molecular weight excluding hydrogens is 774 g/mol. The van der Waals surface area contributed by atoms with Gasteiger partial charge in [0.05, 0.1) is 29.5 Å². The number of aryl methyl sites for hydroxylation is 2. The number of Topliss-reactive ketones (excluding diaryl/α,β-unsaturated/α-hetero) is 1. The number of thioether (sulfide) groups is 1. The summed E-state index contributed by atoms with van der Waals surface area (Å²) in [4.78, 5) is 56.9. The second-order valence-corrected chi connectivity index (χ2v) is 16.6. The smallest absolute Gasteiger partial charge is 0.338 e. The third-order valence-electron chi connectivity index (χ3n) is 9.38. The lowest BCUT2D eigenvalue weighted by atomic mass is 9.86. The number of unbranched alkanes of at least 4 members (excludes halogenated alkanes) is 4. The maximum absolute atomic E-state index is 13.9. The summed E-state index contributed by atoms with van der Waals surface area (Å²) in [5, 5.41) is 10.7. The van der Waals surface area contributed by atoms with Gasteiger partial charge in [-0.15, -0.1) is 5.10 Å². The van der Waals surface area contributed by atoms with Crippen LogP contribution in [0.15, 0.2) is 72.1 Å². The average molecular weight is 833 g/mol. The zero-order valence-corrected chi connectivity index (χ0v) is 36.3. The number of carbonyl (C=O) groups excluding carboxylic acids is 4. The van der Waals surface area contributed by atoms with Crippen molar-refractivity contribution >= 4 is 58.3 Å². The van der Waals surface area contributed by atoms with Gasteiger partial charge in [-0.1, -0.05) is 108 Å². The summed E-state index contributed by atoms with van der Waals surface area (Å²) in [6.45, 7) is 12.1. The first-order valence-corrected chi connectivity index (χ1v) is 21.7. The van der Waals surface area contributed by atoms with Crippen molar-refractivity contribution in [3.63, 3.8) is 0 Å². The minimum absolute atomic E-state index is 0.207. The number of esters is 1. The molecule has 1 aromatic heterocycles. The van der Waals surface area contributed by atoms with Gasteiger partial charge in [-0.2, -0.15) is 0 Å². The van der Waals surface area contributed by atoms with Crippen LogP contribution in [0.1, 0.15) is 126 Å². The van der Waals surface area contributed by atoms with Crippen molar-refractivity contribution in [2.45, 2.75) is 123 Å². The van der Waals surface area contributed by atoms with Crippen molar-refractivity contribution in [2.24, 2.45) is 5.41 Å². The van der Waals surface area contributed by atoms with Gasteiger partial charge in [0.1, 0.15) is 12.1 Å². The normalized spacial score (nSPS) is 11.8. The number of nitrogens with zero attached hydrogens (tertiary/aromatic N) is 3. The van der Waals surface area contributed by atoms with Crippen LogP contribution in [0.2, 0.25) is 5.02 Å². The van der Waals surface area contributed by atoms with Crippen molar-refractivity contribution < 1.29 is 28.7 Å². The third-order valence-corrected chi connectivity index (χ3v) is 10.6. The first-order chi connectivity index (χ1) is 27.8. The Labute approximate surface area is 352 Å². The minimum Gasteiger partial charge on any atom is -0.493 e. The number of benzene rings is 3. The summed E-state index contributed by atoms with van der Waals surface area (Å²) >= 11 is 7.83. The van der Waals surface area contributed by atoms with Crippen LogP contribution in [0.5, 0.6) is 5.75 Å². The highest BCUT2D eigenvalue weighted by molar-refractivity contribution is 7.98. The Bertz CT molecular complexity index is 1980. The summed E-state index contributed by atoms with van der Waals surface area (Å²) < 4.78 is 12.5. The SMILES string of the molecule is CCCCCc1ccc(OCCCC(=O)Nc2ccc(Cl)c(NC(=O)C(C(=O)C(C)(C)C)n3cnc(SCc4ccc(C(=O)OCC)cc4)n3)c2)c(CCCCC)c1. The Balaban J connectivity index is 1.36. The van der Waals surface area contributed by atoms with Gasteiger partial charge in [0, 0.05) is 23.3 Å². The molecule has 58 heavy (non-hydrogen) atoms. The number of nitrogens with one attached hydrogen (secondary N) is 2. The summed E-state index contributed by atoms with van der Waals surface area (Å²) in [6, 6.07) is 17.0. The maximum Gasteiger partial charge on any atom is 0.338 e. The molecule has 4 aromatic rings. The van der Waals surface area contributed by atoms with Crippen LogP contribution in [-0.4, -0.2) is 51.5 Å². The van der Waals surface area contributed by atoms with E-state index >= 15 is 0 Å². The number of aromatic nitrogens is 3. The quantitative estimate of drug-likeness (QED) is 0.0323. The fourth-order valence-electron chi connectivity index (χ4n) is 6.13. The summed E-state index contributed by atoms with van der Waals surface area (Å²) in [5.41, 5.74) is 3.74. The van der Waals surface area contributed by atoms with Gasteiger partial charge in [0.2, 0.25) is 11.1 Å². The molecule has 11 nitrogen and oxygen atoms in total. The van der Waals surface area contributed by atoms with E-state index in [-0.39, 0.29) is 34.8 Å². The zero-order chi connectivity index (χ0) is 42.1. The molecule has 2 N–H and O–H groups in total. The molecule has 0 aliphatic carbocycles. The molecule has 312 valence electrons. The van der Waals surface area contributed by atoms with Crippen LogP contribution in [0.25, 0.3) is 0 Å². The Morgan fingerprint density at radius 2 is 1.55 bits per heavy atom. The predicted octanol–water partition coefficient (Wildman–Crippen LogP) is 10.5. The number of hydrogen-bond donors (Lipinski definition) is 2. The van der Waals surface area contributed by atoms with Crippen LogP contribution in [0.3, 0.4) is 0 Å². The van der Waals surface area contributed by atoms with Gasteiger partial charge in [-0.05, 0) is 92.1 Å². The molecule has 0 bridgehead atoms. The average Bonchev–Trinajstić information content (AvgIpc) is 3.66. The number of ether oxygens (including phenoxy) is 2. The largest absolute Gasteiger partial charge is 0.493 e. The van der Waals surface area contributed by atoms with E-state index in [4.69, 9.17) is 21.1 Å². The molecule has 1 atom stereocenters. The number of rotatable bonds is 23. The van der Waals surface area contributed by atoms with E-state index in [0.717, 1.165) is 37.0 Å². The molecule has 0 saturated heterocycles. The van der Waals surface area contributed by atoms with Crippen molar-refractivity contribution in [2.75, 3.05) is 23.8 Å². The monoisotopic (exact) mass is 831 g/mol. The van der Waals surface area contributed by atoms with Crippen molar-refractivity contribution in [1.29, 1.82) is 0 Å². The molecule has 0 aliphatic rings. The van der Waals surface area contributed by atoms with Gasteiger partial charge in [-0.3, -0.25) is 14.4 Å². The highest BCUT2D eigenvalue weighted by Crippen LogP contribution is 2.30. The van der Waals surface area contributed by atoms with Crippen molar-refractivity contribution in [3.05, 3.63) is 94.3 Å². The summed E-state index contributed by atoms with van der Waals surface area (Å²) in [6.07, 6.45) is 11.2. The van der Waals surface area contributed by atoms with E-state index < -0.39 is 17.4 Å². The Morgan fingerprint density at radius 3 is 2.24 bits per heavy atom. The molecule has 0 saturated carbocycles. The molecule has 2 amide bonds. The highest BCUT2D eigenvalue weighted by Gasteiger charge is 2.37. The minimum atomic E-state index is -1.34. The Morgan fingerprint density at radius 1 is 0.845 bits per heavy atom. The van der Waals surface area contributed by atoms with E-state index in [1.807, 2.05) is 12.1 Å². The fourth-order valence-corrected chi connectivity index (χ4v) is 7.05. The zero-order valence-electron chi connectivity index (χ0n) is 34.7. The van der Waals surface area contributed by atoms with Gasteiger partial charge < -0.3 is 20.1 Å². The number of carbonyl (C=O) groups is 4. The number of anilines is 2. The molecule has 13 heteroatoms. The molecule has 0 aliphatic heterocycles. The van der Waals surface area contributed by atoms with Crippen LogP contribution in [-0.2, 0) is 37.7 Å². The first kappa shape index (κ1) is 46.0. The summed E-state index contributed by atoms with van der Waals surface area (Å²) in [5.74, 6) is -0.240. The number of amides is 2. The van der Waals surface area contributed by atoms with E-state index in [1.54, 1.807) is 58.0 Å². The standard InChI is InChI=1S/C45H58ClN5O6S/c1-7-10-12-15-31-20-25-38(34(27-31)16-13-11-8-2)57-26-14-17-39(52)48-35-23-24-36(46)37(28-35)49-42(54)40(41(53)45(4,5)6)51-30-47-44(50-51)58-29-32-18-21-33(22-19-32)43(55)56-9-3/h18-25,27-28,30,40H,7-17,26,29H2,1-6H3,(H,48,52)(H,49,54). The molecule has 0 radical (unpaired) electrons. The molecule has 0 fully saturated rings. The van der Waals surface area contributed by atoms with E-state index in [0.29, 0.717) is 41.8 Å². The maximum atomic E-state index is 13.9. The van der Waals surface area contributed by atoms with E-state index in [9.17, 15) is 19.2 Å². The number of halogens is 1. The van der Waals surface area contributed by atoms with Crippen molar-refractivity contribution in [3.8, 4) is 5.75 Å². The molecular formula is C45H58ClN5O6S. The Hall–Kier alpha value is -4.68. The van der Waals surface area contributed by atoms with Crippen LogP contribution in [0.4, 0.5) is 11.4 Å². The van der Waals surface area contributed by atoms with Crippen LogP contribution >= 0.6 is 23.4 Å². The van der Waals surface area contributed by atoms with E-state index in [1.165, 1.54) is 59.6 Å². The number of ketones is 1.